The summed E-state index contributed by atoms with van der Waals surface area (Å²) in [5, 5.41) is 6.18. The van der Waals surface area contributed by atoms with Gasteiger partial charge in [0.25, 0.3) is 0 Å². The minimum absolute atomic E-state index is 0.0922. The molecule has 0 saturated carbocycles. The van der Waals surface area contributed by atoms with Gasteiger partial charge in [-0.05, 0) is 48.0 Å². The van der Waals surface area contributed by atoms with Gasteiger partial charge in [0, 0.05) is 15.1 Å². The zero-order valence-corrected chi connectivity index (χ0v) is 16.2. The van der Waals surface area contributed by atoms with Crippen LogP contribution in [0.1, 0.15) is 5.56 Å². The molecule has 6 N–H and O–H groups in total. The van der Waals surface area contributed by atoms with E-state index in [0.717, 1.165) is 8.95 Å². The Bertz CT molecular complexity index is 850. The Morgan fingerprint density at radius 3 is 2.12 bits per heavy atom. The molecule has 2 aromatic rings. The number of anilines is 1. The quantitative estimate of drug-likeness (QED) is 0.448. The largest absolute Gasteiger partial charge is 0.397 e. The molecule has 2 aromatic carbocycles. The number of halogens is 2. The van der Waals surface area contributed by atoms with E-state index >= 15 is 0 Å². The van der Waals surface area contributed by atoms with E-state index in [1.54, 1.807) is 18.3 Å². The number of benzene rings is 2. The van der Waals surface area contributed by atoms with Gasteiger partial charge in [-0.25, -0.2) is 5.84 Å². The molecule has 0 bridgehead atoms. The number of rotatable bonds is 5. The number of nitrogens with zero attached hydrogens (tertiary/aromatic N) is 1. The van der Waals surface area contributed by atoms with E-state index in [1.165, 1.54) is 17.1 Å². The van der Waals surface area contributed by atoms with Crippen molar-refractivity contribution in [3.63, 3.8) is 0 Å². The summed E-state index contributed by atoms with van der Waals surface area (Å²) in [6.45, 7) is 0. The molecule has 0 amide bonds. The third-order valence-electron chi connectivity index (χ3n) is 2.82. The van der Waals surface area contributed by atoms with Crippen LogP contribution in [-0.2, 0) is 10.3 Å². The second-order valence-electron chi connectivity index (χ2n) is 4.72. The van der Waals surface area contributed by atoms with Gasteiger partial charge in [-0.15, -0.1) is 0 Å². The average molecular weight is 478 g/mol. The molecule has 128 valence electrons. The predicted octanol–water partition coefficient (Wildman–Crippen LogP) is 2.43. The van der Waals surface area contributed by atoms with E-state index in [2.05, 4.69) is 36.0 Å². The second kappa shape index (κ2) is 7.53. The average Bonchev–Trinajstić information content (AvgIpc) is 2.45. The molecule has 0 radical (unpaired) electrons. The monoisotopic (exact) mass is 476 g/mol. The molecule has 0 heterocycles. The lowest BCUT2D eigenvalue weighted by molar-refractivity contribution is 0.488. The molecule has 0 spiro atoms. The van der Waals surface area contributed by atoms with E-state index in [0.29, 0.717) is 16.9 Å². The second-order valence-corrected chi connectivity index (χ2v) is 7.70. The van der Waals surface area contributed by atoms with Crippen LogP contribution in [0.25, 0.3) is 5.70 Å². The summed E-state index contributed by atoms with van der Waals surface area (Å²) in [6.07, 6.45) is 1.55. The van der Waals surface area contributed by atoms with Crippen LogP contribution < -0.4 is 25.9 Å². The van der Waals surface area contributed by atoms with Gasteiger partial charge in [-0.1, -0.05) is 31.9 Å². The summed E-state index contributed by atoms with van der Waals surface area (Å²) in [5.41, 5.74) is 7.76. The van der Waals surface area contributed by atoms with Crippen LogP contribution in [0.3, 0.4) is 0 Å². The summed E-state index contributed by atoms with van der Waals surface area (Å²) in [4.78, 5) is 0. The van der Waals surface area contributed by atoms with Crippen LogP contribution in [0, 0.1) is 0 Å². The van der Waals surface area contributed by atoms with Crippen molar-refractivity contribution < 1.29 is 12.6 Å². The molecule has 7 nitrogen and oxygen atoms in total. The van der Waals surface area contributed by atoms with Crippen LogP contribution in [0.15, 0.2) is 57.6 Å². The van der Waals surface area contributed by atoms with Crippen LogP contribution >= 0.6 is 31.9 Å². The van der Waals surface area contributed by atoms with Crippen molar-refractivity contribution in [2.45, 2.75) is 0 Å². The maximum Gasteiger partial charge on any atom is 0.380 e. The molecule has 0 unspecified atom stereocenters. The van der Waals surface area contributed by atoms with E-state index in [1.807, 2.05) is 18.2 Å². The first kappa shape index (κ1) is 18.7. The first-order valence-electron chi connectivity index (χ1n) is 6.44. The first-order valence-corrected chi connectivity index (χ1v) is 9.50. The summed E-state index contributed by atoms with van der Waals surface area (Å²) in [6, 6.07) is 11.6. The van der Waals surface area contributed by atoms with E-state index in [4.69, 9.17) is 16.7 Å². The lowest BCUT2D eigenvalue weighted by Crippen LogP contribution is -2.25. The molecule has 2 rings (SSSR count). The van der Waals surface area contributed by atoms with E-state index < -0.39 is 10.3 Å². The highest BCUT2D eigenvalue weighted by Gasteiger charge is 2.07. The van der Waals surface area contributed by atoms with Gasteiger partial charge in [0.1, 0.15) is 5.75 Å². The Hall–Kier alpha value is -1.59. The zero-order valence-electron chi connectivity index (χ0n) is 12.2. The van der Waals surface area contributed by atoms with Gasteiger partial charge in [0.2, 0.25) is 0 Å². The summed E-state index contributed by atoms with van der Waals surface area (Å²) in [7, 11) is -4.06. The topological polar surface area (TPSA) is 125 Å². The van der Waals surface area contributed by atoms with Crippen molar-refractivity contribution in [3.8, 4) is 5.75 Å². The number of hydrogen-bond donors (Lipinski definition) is 3. The molecular formula is C14H14Br2N4O3S. The van der Waals surface area contributed by atoms with Gasteiger partial charge in [-0.2, -0.15) is 13.6 Å². The maximum atomic E-state index is 10.9. The number of hydrazine groups is 1. The first-order chi connectivity index (χ1) is 11.1. The third kappa shape index (κ3) is 5.49. The van der Waals surface area contributed by atoms with Crippen molar-refractivity contribution in [1.82, 2.24) is 0 Å². The Morgan fingerprint density at radius 2 is 1.62 bits per heavy atom. The summed E-state index contributed by atoms with van der Waals surface area (Å²) >= 11 is 6.77. The molecule has 0 aliphatic rings. The maximum absolute atomic E-state index is 10.9. The van der Waals surface area contributed by atoms with Crippen LogP contribution in [0.5, 0.6) is 5.75 Å². The van der Waals surface area contributed by atoms with Crippen molar-refractivity contribution in [2.24, 2.45) is 16.7 Å². The van der Waals surface area contributed by atoms with Crippen molar-refractivity contribution in [1.29, 1.82) is 0 Å². The van der Waals surface area contributed by atoms with Crippen LogP contribution in [0.4, 0.5) is 5.69 Å². The normalized spacial score (nSPS) is 12.1. The van der Waals surface area contributed by atoms with Gasteiger partial charge in [0.15, 0.2) is 0 Å². The SMILES string of the molecule is N/C(=C\N(N)c1cc(Br)cc(Br)c1)c1ccc(OS(N)(=O)=O)cc1. The smallest absolute Gasteiger partial charge is 0.380 e. The lowest BCUT2D eigenvalue weighted by Gasteiger charge is -2.16. The molecule has 10 heteroatoms. The summed E-state index contributed by atoms with van der Waals surface area (Å²) in [5.74, 6) is 6.09. The molecular weight excluding hydrogens is 464 g/mol. The predicted molar refractivity (Wildman–Crippen MR) is 101 cm³/mol. The van der Waals surface area contributed by atoms with Gasteiger partial charge < -0.3 is 9.92 Å². The molecule has 0 atom stereocenters. The van der Waals surface area contributed by atoms with Crippen molar-refractivity contribution >= 4 is 53.5 Å². The van der Waals surface area contributed by atoms with E-state index in [-0.39, 0.29) is 5.75 Å². The lowest BCUT2D eigenvalue weighted by atomic mass is 10.1. The Balaban J connectivity index is 2.20. The molecule has 0 saturated heterocycles. The fraction of sp³-hybridized carbons (Fsp3) is 0. The number of hydrogen-bond acceptors (Lipinski definition) is 6. The van der Waals surface area contributed by atoms with Gasteiger partial charge in [0.05, 0.1) is 11.4 Å². The fourth-order valence-corrected chi connectivity index (χ4v) is 3.47. The molecule has 0 aliphatic heterocycles. The van der Waals surface area contributed by atoms with Crippen molar-refractivity contribution in [3.05, 3.63) is 63.2 Å². The van der Waals surface area contributed by atoms with Gasteiger partial charge >= 0.3 is 10.3 Å². The summed E-state index contributed by atoms with van der Waals surface area (Å²) < 4.78 is 28.0. The highest BCUT2D eigenvalue weighted by atomic mass is 79.9. The third-order valence-corrected chi connectivity index (χ3v) is 4.16. The minimum atomic E-state index is -4.06. The fourth-order valence-electron chi connectivity index (χ4n) is 1.82. The zero-order chi connectivity index (χ0) is 17.9. The van der Waals surface area contributed by atoms with Crippen LogP contribution in [0.2, 0.25) is 0 Å². The van der Waals surface area contributed by atoms with Gasteiger partial charge in [-0.3, -0.25) is 5.01 Å². The molecule has 0 fully saturated rings. The van der Waals surface area contributed by atoms with E-state index in [9.17, 15) is 8.42 Å². The highest BCUT2D eigenvalue weighted by Crippen LogP contribution is 2.25. The Morgan fingerprint density at radius 1 is 1.08 bits per heavy atom. The minimum Gasteiger partial charge on any atom is -0.397 e. The Labute approximate surface area is 156 Å². The van der Waals surface area contributed by atoms with Crippen molar-refractivity contribution in [2.75, 3.05) is 5.01 Å². The number of nitrogens with two attached hydrogens (primary N) is 3. The molecule has 24 heavy (non-hydrogen) atoms. The Kier molecular flexibility index (Phi) is 5.88. The highest BCUT2D eigenvalue weighted by molar-refractivity contribution is 9.11. The molecule has 0 aliphatic carbocycles. The molecule has 0 aromatic heterocycles. The standard InChI is InChI=1S/C14H14Br2N4O3S/c15-10-5-11(16)7-12(6-10)20(18)8-14(17)9-1-3-13(4-2-9)23-24(19,21)22/h1-8H,17-18H2,(H2,19,21,22)/b14-8-. The van der Waals surface area contributed by atoms with Crippen LogP contribution in [-0.4, -0.2) is 8.42 Å².